The van der Waals surface area contributed by atoms with Crippen LogP contribution in [0.2, 0.25) is 5.02 Å². The van der Waals surface area contributed by atoms with Gasteiger partial charge in [0.05, 0.1) is 6.54 Å². The highest BCUT2D eigenvalue weighted by molar-refractivity contribution is 6.31. The molecule has 2 rings (SSSR count). The van der Waals surface area contributed by atoms with E-state index in [0.29, 0.717) is 17.1 Å². The molecule has 6 heteroatoms. The van der Waals surface area contributed by atoms with Crippen molar-refractivity contribution in [1.82, 2.24) is 14.8 Å². The van der Waals surface area contributed by atoms with Gasteiger partial charge in [-0.2, -0.15) is 10.0 Å². The van der Waals surface area contributed by atoms with Gasteiger partial charge >= 0.3 is 0 Å². The second-order valence-corrected chi connectivity index (χ2v) is 4.17. The first kappa shape index (κ1) is 11.7. The zero-order chi connectivity index (χ0) is 12.3. The number of nitroso groups, excluding NO2 is 1. The van der Waals surface area contributed by atoms with E-state index in [-0.39, 0.29) is 0 Å². The number of nitrogens with zero attached hydrogens (tertiary/aromatic N) is 4. The molecule has 1 atom stereocenters. The number of hydrogen-bond donors (Lipinski definition) is 0. The molecule has 1 aromatic heterocycles. The number of aryl methyl sites for hydroxylation is 1. The zero-order valence-electron chi connectivity index (χ0n) is 9.25. The van der Waals surface area contributed by atoms with Crippen molar-refractivity contribution >= 4 is 11.6 Å². The van der Waals surface area contributed by atoms with Crippen LogP contribution >= 0.6 is 11.6 Å². The van der Waals surface area contributed by atoms with Crippen LogP contribution in [-0.4, -0.2) is 14.8 Å². The smallest absolute Gasteiger partial charge is 0.138 e. The maximum atomic E-state index is 10.9. The highest BCUT2D eigenvalue weighted by Gasteiger charge is 2.16. The molecule has 5 nitrogen and oxygen atoms in total. The van der Waals surface area contributed by atoms with Gasteiger partial charge in [0.1, 0.15) is 18.7 Å². The second-order valence-electron chi connectivity index (χ2n) is 3.76. The fourth-order valence-electron chi connectivity index (χ4n) is 1.60. The van der Waals surface area contributed by atoms with Gasteiger partial charge in [0, 0.05) is 10.6 Å². The molecule has 0 fully saturated rings. The van der Waals surface area contributed by atoms with Crippen LogP contribution in [0.5, 0.6) is 0 Å². The molecule has 0 saturated carbocycles. The Morgan fingerprint density at radius 1 is 1.53 bits per heavy atom. The van der Waals surface area contributed by atoms with Gasteiger partial charge in [-0.3, -0.25) is 4.68 Å². The summed E-state index contributed by atoms with van der Waals surface area (Å²) >= 11 is 6.10. The molecular formula is C11H11ClN4O. The fourth-order valence-corrected chi connectivity index (χ4v) is 1.96. The number of halogens is 1. The Kier molecular flexibility index (Phi) is 3.49. The summed E-state index contributed by atoms with van der Waals surface area (Å²) < 4.78 is 1.56. The third-order valence-electron chi connectivity index (χ3n) is 2.47. The summed E-state index contributed by atoms with van der Waals surface area (Å²) in [6, 6.07) is 4.99. The molecule has 1 heterocycles. The van der Waals surface area contributed by atoms with Gasteiger partial charge in [0.2, 0.25) is 0 Å². The molecule has 0 radical (unpaired) electrons. The van der Waals surface area contributed by atoms with Gasteiger partial charge in [0.25, 0.3) is 0 Å². The Labute approximate surface area is 103 Å². The molecule has 1 unspecified atom stereocenters. The van der Waals surface area contributed by atoms with E-state index in [0.717, 1.165) is 5.56 Å². The minimum Gasteiger partial charge on any atom is -0.250 e. The van der Waals surface area contributed by atoms with E-state index in [2.05, 4.69) is 15.3 Å². The van der Waals surface area contributed by atoms with E-state index >= 15 is 0 Å². The maximum Gasteiger partial charge on any atom is 0.138 e. The number of rotatable bonds is 4. The third-order valence-corrected chi connectivity index (χ3v) is 2.80. The van der Waals surface area contributed by atoms with Crippen LogP contribution in [0.1, 0.15) is 17.2 Å². The van der Waals surface area contributed by atoms with Gasteiger partial charge in [-0.25, -0.2) is 4.98 Å². The minimum atomic E-state index is -0.551. The molecule has 0 saturated heterocycles. The Bertz CT molecular complexity index is 512. The molecule has 0 spiro atoms. The molecule has 0 aliphatic heterocycles. The lowest BCUT2D eigenvalue weighted by Crippen LogP contribution is -2.08. The molecule has 88 valence electrons. The summed E-state index contributed by atoms with van der Waals surface area (Å²) in [4.78, 5) is 14.7. The van der Waals surface area contributed by atoms with Crippen LogP contribution in [0.4, 0.5) is 0 Å². The van der Waals surface area contributed by atoms with Crippen LogP contribution in [0.3, 0.4) is 0 Å². The zero-order valence-corrected chi connectivity index (χ0v) is 10.0. The van der Waals surface area contributed by atoms with Crippen molar-refractivity contribution in [3.8, 4) is 0 Å². The van der Waals surface area contributed by atoms with E-state index < -0.39 is 6.04 Å². The quantitative estimate of drug-likeness (QED) is 0.784. The van der Waals surface area contributed by atoms with Gasteiger partial charge in [-0.05, 0) is 18.6 Å². The summed E-state index contributed by atoms with van der Waals surface area (Å²) in [7, 11) is 0. The highest BCUT2D eigenvalue weighted by atomic mass is 35.5. The van der Waals surface area contributed by atoms with Crippen molar-refractivity contribution in [2.24, 2.45) is 5.18 Å². The van der Waals surface area contributed by atoms with Gasteiger partial charge in [-0.1, -0.05) is 28.9 Å². The summed E-state index contributed by atoms with van der Waals surface area (Å²) in [6.45, 7) is 2.28. The van der Waals surface area contributed by atoms with Crippen molar-refractivity contribution in [1.29, 1.82) is 0 Å². The summed E-state index contributed by atoms with van der Waals surface area (Å²) in [5.41, 5.74) is 1.76. The summed E-state index contributed by atoms with van der Waals surface area (Å²) in [6.07, 6.45) is 2.96. The first-order valence-electron chi connectivity index (χ1n) is 5.11. The molecule has 0 aliphatic rings. The molecule has 2 aromatic rings. The largest absolute Gasteiger partial charge is 0.250 e. The van der Waals surface area contributed by atoms with Crippen molar-refractivity contribution in [3.63, 3.8) is 0 Å². The van der Waals surface area contributed by atoms with Gasteiger partial charge in [-0.15, -0.1) is 0 Å². The molecule has 0 bridgehead atoms. The van der Waals surface area contributed by atoms with Crippen molar-refractivity contribution in [3.05, 3.63) is 51.9 Å². The lowest BCUT2D eigenvalue weighted by atomic mass is 10.1. The first-order chi connectivity index (χ1) is 8.20. The highest BCUT2D eigenvalue weighted by Crippen LogP contribution is 2.27. The molecule has 0 N–H and O–H groups in total. The van der Waals surface area contributed by atoms with E-state index in [1.807, 2.05) is 25.1 Å². The van der Waals surface area contributed by atoms with E-state index in [9.17, 15) is 4.91 Å². The lowest BCUT2D eigenvalue weighted by molar-refractivity contribution is 0.526. The summed E-state index contributed by atoms with van der Waals surface area (Å²) in [5, 5.41) is 7.59. The minimum absolute atomic E-state index is 0.340. The third kappa shape index (κ3) is 2.68. The van der Waals surface area contributed by atoms with E-state index in [1.165, 1.54) is 6.33 Å². The lowest BCUT2D eigenvalue weighted by Gasteiger charge is -2.11. The van der Waals surface area contributed by atoms with Crippen molar-refractivity contribution in [2.75, 3.05) is 0 Å². The van der Waals surface area contributed by atoms with Crippen LogP contribution in [-0.2, 0) is 6.54 Å². The van der Waals surface area contributed by atoms with E-state index in [1.54, 1.807) is 11.0 Å². The normalized spacial score (nSPS) is 12.4. The molecular weight excluding hydrogens is 240 g/mol. The van der Waals surface area contributed by atoms with Crippen LogP contribution in [0.25, 0.3) is 0 Å². The van der Waals surface area contributed by atoms with Crippen LogP contribution in [0, 0.1) is 11.8 Å². The molecule has 0 aliphatic carbocycles. The SMILES string of the molecule is Cc1ccc(C(Cn2cncn2)N=O)c(Cl)c1. The number of benzene rings is 1. The molecule has 0 amide bonds. The Morgan fingerprint density at radius 3 is 2.94 bits per heavy atom. The average Bonchev–Trinajstić information content (AvgIpc) is 2.79. The second kappa shape index (κ2) is 5.05. The van der Waals surface area contributed by atoms with Crippen LogP contribution < -0.4 is 0 Å². The Hall–Kier alpha value is -1.75. The van der Waals surface area contributed by atoms with E-state index in [4.69, 9.17) is 11.6 Å². The average molecular weight is 251 g/mol. The summed E-state index contributed by atoms with van der Waals surface area (Å²) in [5.74, 6) is 0. The predicted molar refractivity (Wildman–Crippen MR) is 64.7 cm³/mol. The standard InChI is InChI=1S/C11H11ClN4O/c1-8-2-3-9(10(12)4-8)11(15-17)5-16-7-13-6-14-16/h2-4,6-7,11H,5H2,1H3. The Morgan fingerprint density at radius 2 is 2.35 bits per heavy atom. The topological polar surface area (TPSA) is 60.1 Å². The maximum absolute atomic E-state index is 10.9. The van der Waals surface area contributed by atoms with Gasteiger partial charge in [0.15, 0.2) is 0 Å². The van der Waals surface area contributed by atoms with Gasteiger partial charge < -0.3 is 0 Å². The molecule has 17 heavy (non-hydrogen) atoms. The fraction of sp³-hybridized carbons (Fsp3) is 0.273. The number of hydrogen-bond acceptors (Lipinski definition) is 4. The van der Waals surface area contributed by atoms with Crippen molar-refractivity contribution in [2.45, 2.75) is 19.5 Å². The van der Waals surface area contributed by atoms with Crippen molar-refractivity contribution < 1.29 is 0 Å². The predicted octanol–water partition coefficient (Wildman–Crippen LogP) is 2.75. The number of aromatic nitrogens is 3. The monoisotopic (exact) mass is 250 g/mol. The van der Waals surface area contributed by atoms with Crippen LogP contribution in [0.15, 0.2) is 36.0 Å². The molecule has 1 aromatic carbocycles. The Balaban J connectivity index is 2.26. The first-order valence-corrected chi connectivity index (χ1v) is 5.49.